The largest absolute Gasteiger partial charge is 0.326 e. The number of nitrogens with one attached hydrogen (secondary N) is 1. The van der Waals surface area contributed by atoms with Gasteiger partial charge < -0.3 is 5.73 Å². The van der Waals surface area contributed by atoms with Crippen molar-refractivity contribution in [3.63, 3.8) is 0 Å². The summed E-state index contributed by atoms with van der Waals surface area (Å²) >= 11 is 0. The van der Waals surface area contributed by atoms with Gasteiger partial charge in [-0.05, 0) is 18.7 Å². The fraction of sp³-hybridized carbons (Fsp3) is 0.250. The van der Waals surface area contributed by atoms with Crippen LogP contribution in [-0.4, -0.2) is 15.5 Å². The Morgan fingerprint density at radius 2 is 2.07 bits per heavy atom. The van der Waals surface area contributed by atoms with Crippen LogP contribution in [-0.2, 0) is 16.6 Å². The van der Waals surface area contributed by atoms with E-state index < -0.39 is 15.8 Å². The second kappa shape index (κ2) is 5.41. The van der Waals surface area contributed by atoms with Crippen molar-refractivity contribution < 1.29 is 12.8 Å². The molecule has 0 unspecified atom stereocenters. The summed E-state index contributed by atoms with van der Waals surface area (Å²) in [6, 6.07) is 3.99. The van der Waals surface area contributed by atoms with Crippen LogP contribution in [0.25, 0.3) is 0 Å². The number of hydrogen-bond donors (Lipinski definition) is 2. The van der Waals surface area contributed by atoms with E-state index in [9.17, 15) is 12.8 Å². The molecule has 0 radical (unpaired) electrons. The lowest BCUT2D eigenvalue weighted by molar-refractivity contribution is 0.557. The Bertz CT molecular complexity index is 436. The Balaban J connectivity index is 0.00000196. The van der Waals surface area contributed by atoms with Crippen molar-refractivity contribution in [3.05, 3.63) is 29.6 Å². The topological polar surface area (TPSA) is 72.2 Å². The Hall–Kier alpha value is -0.690. The second-order valence-electron chi connectivity index (χ2n) is 2.64. The molecule has 0 aromatic heterocycles. The van der Waals surface area contributed by atoms with Crippen molar-refractivity contribution >= 4 is 22.4 Å². The minimum absolute atomic E-state index is 0. The van der Waals surface area contributed by atoms with E-state index in [2.05, 4.69) is 0 Å². The second-order valence-corrected chi connectivity index (χ2v) is 4.46. The zero-order valence-corrected chi connectivity index (χ0v) is 9.66. The van der Waals surface area contributed by atoms with E-state index >= 15 is 0 Å². The van der Waals surface area contributed by atoms with E-state index in [-0.39, 0.29) is 29.4 Å². The summed E-state index contributed by atoms with van der Waals surface area (Å²) in [5.41, 5.74) is 5.58. The van der Waals surface area contributed by atoms with Gasteiger partial charge >= 0.3 is 0 Å². The maximum Gasteiger partial charge on any atom is 0.243 e. The van der Waals surface area contributed by atoms with Crippen LogP contribution >= 0.6 is 12.4 Å². The SMILES string of the molecule is CNS(=O)(=O)c1c(F)cccc1CN.Cl. The molecule has 4 nitrogen and oxygen atoms in total. The highest BCUT2D eigenvalue weighted by Crippen LogP contribution is 2.18. The van der Waals surface area contributed by atoms with Crippen LogP contribution in [0.3, 0.4) is 0 Å². The molecule has 0 amide bonds. The molecular formula is C8H12ClFN2O2S. The molecule has 15 heavy (non-hydrogen) atoms. The average Bonchev–Trinajstić information content (AvgIpc) is 2.17. The summed E-state index contributed by atoms with van der Waals surface area (Å²) in [5.74, 6) is -0.790. The summed E-state index contributed by atoms with van der Waals surface area (Å²) in [7, 11) is -2.55. The molecule has 0 heterocycles. The summed E-state index contributed by atoms with van der Waals surface area (Å²) in [6.07, 6.45) is 0. The van der Waals surface area contributed by atoms with Gasteiger partial charge in [0.05, 0.1) is 0 Å². The molecule has 0 spiro atoms. The van der Waals surface area contributed by atoms with Gasteiger partial charge in [-0.25, -0.2) is 17.5 Å². The third-order valence-corrected chi connectivity index (χ3v) is 3.34. The zero-order chi connectivity index (χ0) is 10.8. The number of halogens is 2. The van der Waals surface area contributed by atoms with Crippen molar-refractivity contribution in [2.45, 2.75) is 11.4 Å². The molecule has 1 rings (SSSR count). The number of sulfonamides is 1. The minimum Gasteiger partial charge on any atom is -0.326 e. The molecule has 86 valence electrons. The van der Waals surface area contributed by atoms with E-state index in [0.29, 0.717) is 0 Å². The van der Waals surface area contributed by atoms with Crippen LogP contribution in [0.2, 0.25) is 0 Å². The van der Waals surface area contributed by atoms with Crippen LogP contribution in [0.1, 0.15) is 5.56 Å². The van der Waals surface area contributed by atoms with Crippen molar-refractivity contribution in [2.24, 2.45) is 5.73 Å². The number of hydrogen-bond acceptors (Lipinski definition) is 3. The van der Waals surface area contributed by atoms with Crippen LogP contribution in [0.5, 0.6) is 0 Å². The fourth-order valence-corrected chi connectivity index (χ4v) is 2.14. The van der Waals surface area contributed by atoms with Gasteiger partial charge in [0.2, 0.25) is 10.0 Å². The summed E-state index contributed by atoms with van der Waals surface area (Å²) in [4.78, 5) is -0.370. The lowest BCUT2D eigenvalue weighted by atomic mass is 10.2. The maximum absolute atomic E-state index is 13.2. The van der Waals surface area contributed by atoms with Gasteiger partial charge in [-0.15, -0.1) is 12.4 Å². The molecule has 3 N–H and O–H groups in total. The summed E-state index contributed by atoms with van der Waals surface area (Å²) in [5, 5.41) is 0. The summed E-state index contributed by atoms with van der Waals surface area (Å²) in [6.45, 7) is -0.0198. The van der Waals surface area contributed by atoms with E-state index in [1.54, 1.807) is 0 Å². The Labute approximate surface area is 94.1 Å². The molecule has 0 aliphatic carbocycles. The summed E-state index contributed by atoms with van der Waals surface area (Å²) < 4.78 is 38.1. The lowest BCUT2D eigenvalue weighted by Crippen LogP contribution is -2.22. The highest BCUT2D eigenvalue weighted by atomic mass is 35.5. The molecule has 0 aliphatic rings. The Morgan fingerprint density at radius 3 is 2.53 bits per heavy atom. The van der Waals surface area contributed by atoms with E-state index in [1.165, 1.54) is 19.2 Å². The molecule has 7 heteroatoms. The monoisotopic (exact) mass is 254 g/mol. The minimum atomic E-state index is -3.78. The smallest absolute Gasteiger partial charge is 0.243 e. The van der Waals surface area contributed by atoms with Crippen molar-refractivity contribution in [1.29, 1.82) is 0 Å². The predicted octanol–water partition coefficient (Wildman–Crippen LogP) is 0.614. The van der Waals surface area contributed by atoms with Crippen molar-refractivity contribution in [2.75, 3.05) is 7.05 Å². The molecule has 0 atom stereocenters. The van der Waals surface area contributed by atoms with Gasteiger partial charge in [0.1, 0.15) is 10.7 Å². The lowest BCUT2D eigenvalue weighted by Gasteiger charge is -2.08. The normalized spacial score (nSPS) is 10.9. The number of benzene rings is 1. The van der Waals surface area contributed by atoms with E-state index in [1.807, 2.05) is 4.72 Å². The standard InChI is InChI=1S/C8H11FN2O2S.ClH/c1-11-14(12,13)8-6(5-10)3-2-4-7(8)9;/h2-4,11H,5,10H2,1H3;1H. The van der Waals surface area contributed by atoms with Gasteiger partial charge in [-0.1, -0.05) is 12.1 Å². The van der Waals surface area contributed by atoms with E-state index in [4.69, 9.17) is 5.73 Å². The molecule has 1 aromatic rings. The van der Waals surface area contributed by atoms with Gasteiger partial charge in [0.25, 0.3) is 0 Å². The predicted molar refractivity (Wildman–Crippen MR) is 57.8 cm³/mol. The molecule has 1 aromatic carbocycles. The molecule has 0 fully saturated rings. The quantitative estimate of drug-likeness (QED) is 0.830. The third kappa shape index (κ3) is 2.88. The molecular weight excluding hydrogens is 243 g/mol. The Kier molecular flexibility index (Phi) is 5.16. The van der Waals surface area contributed by atoms with Gasteiger partial charge in [0, 0.05) is 6.54 Å². The highest BCUT2D eigenvalue weighted by molar-refractivity contribution is 7.89. The van der Waals surface area contributed by atoms with Crippen LogP contribution in [0.4, 0.5) is 4.39 Å². The van der Waals surface area contributed by atoms with Gasteiger partial charge in [0.15, 0.2) is 0 Å². The Morgan fingerprint density at radius 1 is 1.47 bits per heavy atom. The van der Waals surface area contributed by atoms with Crippen LogP contribution in [0, 0.1) is 5.82 Å². The van der Waals surface area contributed by atoms with Crippen molar-refractivity contribution in [3.8, 4) is 0 Å². The van der Waals surface area contributed by atoms with Crippen LogP contribution < -0.4 is 10.5 Å². The fourth-order valence-electron chi connectivity index (χ4n) is 1.12. The van der Waals surface area contributed by atoms with E-state index in [0.717, 1.165) is 6.07 Å². The van der Waals surface area contributed by atoms with Crippen LogP contribution in [0.15, 0.2) is 23.1 Å². The first kappa shape index (κ1) is 14.3. The van der Waals surface area contributed by atoms with Crippen molar-refractivity contribution in [1.82, 2.24) is 4.72 Å². The zero-order valence-electron chi connectivity index (χ0n) is 8.03. The average molecular weight is 255 g/mol. The first-order valence-corrected chi connectivity index (χ1v) is 5.42. The number of rotatable bonds is 3. The van der Waals surface area contributed by atoms with Gasteiger partial charge in [-0.2, -0.15) is 0 Å². The molecule has 0 bridgehead atoms. The first-order valence-electron chi connectivity index (χ1n) is 3.94. The maximum atomic E-state index is 13.2. The molecule has 0 saturated heterocycles. The third-order valence-electron chi connectivity index (χ3n) is 1.81. The van der Waals surface area contributed by atoms with Gasteiger partial charge in [-0.3, -0.25) is 0 Å². The molecule has 0 saturated carbocycles. The first-order chi connectivity index (χ1) is 6.53. The number of nitrogens with two attached hydrogens (primary N) is 1. The molecule has 0 aliphatic heterocycles. The highest BCUT2D eigenvalue weighted by Gasteiger charge is 2.20.